The van der Waals surface area contributed by atoms with E-state index in [0.29, 0.717) is 54.5 Å². The third-order valence-corrected chi connectivity index (χ3v) is 6.25. The monoisotopic (exact) mass is 449 g/mol. The van der Waals surface area contributed by atoms with Crippen LogP contribution < -0.4 is 19.7 Å². The Morgan fingerprint density at radius 2 is 1.85 bits per heavy atom. The third-order valence-electron chi connectivity index (χ3n) is 6.25. The summed E-state index contributed by atoms with van der Waals surface area (Å²) >= 11 is 0. The van der Waals surface area contributed by atoms with Gasteiger partial charge in [0.1, 0.15) is 18.8 Å². The van der Waals surface area contributed by atoms with Crippen molar-refractivity contribution in [2.45, 2.75) is 25.3 Å². The zero-order chi connectivity index (χ0) is 23.2. The molecule has 2 aromatic rings. The van der Waals surface area contributed by atoms with Crippen molar-refractivity contribution in [2.24, 2.45) is 0 Å². The summed E-state index contributed by atoms with van der Waals surface area (Å²) in [6, 6.07) is 11.1. The molecule has 1 unspecified atom stereocenters. The number of carbonyl (C=O) groups is 4. The second-order valence-corrected chi connectivity index (χ2v) is 8.43. The molecule has 3 heterocycles. The van der Waals surface area contributed by atoms with Gasteiger partial charge in [-0.25, -0.2) is 4.79 Å². The lowest BCUT2D eigenvalue weighted by molar-refractivity contribution is -0.130. The molecule has 0 radical (unpaired) electrons. The van der Waals surface area contributed by atoms with Crippen LogP contribution in [0.3, 0.4) is 0 Å². The van der Waals surface area contributed by atoms with Gasteiger partial charge in [0.15, 0.2) is 17.3 Å². The van der Waals surface area contributed by atoms with Crippen molar-refractivity contribution in [1.82, 2.24) is 10.2 Å². The number of fused-ring (bicyclic) bond motifs is 1. The van der Waals surface area contributed by atoms with E-state index >= 15 is 0 Å². The quantitative estimate of drug-likeness (QED) is 0.555. The van der Waals surface area contributed by atoms with Crippen LogP contribution in [0, 0.1) is 0 Å². The Labute approximate surface area is 190 Å². The molecule has 0 spiro atoms. The normalized spacial score (nSPS) is 22.0. The van der Waals surface area contributed by atoms with Crippen LogP contribution in [0.1, 0.15) is 35.7 Å². The maximum Gasteiger partial charge on any atom is 0.325 e. The molecule has 3 aliphatic rings. The predicted molar refractivity (Wildman–Crippen MR) is 117 cm³/mol. The van der Waals surface area contributed by atoms with Crippen LogP contribution in [0.2, 0.25) is 0 Å². The first kappa shape index (κ1) is 21.0. The molecule has 0 bridgehead atoms. The van der Waals surface area contributed by atoms with Gasteiger partial charge in [-0.1, -0.05) is 18.2 Å². The SMILES string of the molecule is CC1(c2ccc3c(c2)OCCO3)NC(=O)N(CC(=O)c2cccc(N3CCCC3=O)c2)C1=O. The van der Waals surface area contributed by atoms with Gasteiger partial charge in [-0.15, -0.1) is 0 Å². The average molecular weight is 449 g/mol. The van der Waals surface area contributed by atoms with E-state index in [1.807, 2.05) is 0 Å². The molecule has 2 saturated heterocycles. The van der Waals surface area contributed by atoms with Gasteiger partial charge in [-0.3, -0.25) is 19.3 Å². The summed E-state index contributed by atoms with van der Waals surface area (Å²) in [6.07, 6.45) is 1.26. The van der Waals surface area contributed by atoms with E-state index < -0.39 is 29.8 Å². The highest BCUT2D eigenvalue weighted by Crippen LogP contribution is 2.37. The van der Waals surface area contributed by atoms with E-state index in [0.717, 1.165) is 11.3 Å². The fourth-order valence-electron chi connectivity index (χ4n) is 4.39. The molecular formula is C24H23N3O6. The second kappa shape index (κ2) is 7.91. The number of anilines is 1. The van der Waals surface area contributed by atoms with Crippen LogP contribution in [0.4, 0.5) is 10.5 Å². The van der Waals surface area contributed by atoms with Crippen molar-refractivity contribution in [2.75, 3.05) is 31.2 Å². The van der Waals surface area contributed by atoms with Crippen molar-refractivity contribution in [3.05, 3.63) is 53.6 Å². The Kier molecular flexibility index (Phi) is 5.03. The number of hydrogen-bond acceptors (Lipinski definition) is 6. The molecule has 0 saturated carbocycles. The number of imide groups is 1. The summed E-state index contributed by atoms with van der Waals surface area (Å²) in [4.78, 5) is 53.5. The largest absolute Gasteiger partial charge is 0.486 e. The molecule has 5 rings (SSSR count). The molecule has 2 aromatic carbocycles. The van der Waals surface area contributed by atoms with Crippen LogP contribution in [-0.4, -0.2) is 54.8 Å². The Bertz CT molecular complexity index is 1180. The molecule has 170 valence electrons. The molecule has 9 nitrogen and oxygen atoms in total. The summed E-state index contributed by atoms with van der Waals surface area (Å²) in [6.45, 7) is 2.65. The summed E-state index contributed by atoms with van der Waals surface area (Å²) in [5.74, 6) is 0.185. The Hall–Kier alpha value is -3.88. The van der Waals surface area contributed by atoms with Gasteiger partial charge in [-0.2, -0.15) is 0 Å². The standard InChI is InChI=1S/C24H23N3O6/c1-24(16-7-8-19-20(13-16)33-11-10-32-19)22(30)27(23(31)25-24)14-18(28)15-4-2-5-17(12-15)26-9-3-6-21(26)29/h2,4-5,7-8,12-13H,3,6,9-11,14H2,1H3,(H,25,31). The summed E-state index contributed by atoms with van der Waals surface area (Å²) in [5.41, 5.74) is 0.175. The van der Waals surface area contributed by atoms with E-state index in [1.54, 1.807) is 54.3 Å². The summed E-state index contributed by atoms with van der Waals surface area (Å²) in [5, 5.41) is 2.71. The topological polar surface area (TPSA) is 105 Å². The Morgan fingerprint density at radius 3 is 2.61 bits per heavy atom. The lowest BCUT2D eigenvalue weighted by Gasteiger charge is -2.25. The van der Waals surface area contributed by atoms with E-state index in [2.05, 4.69) is 5.32 Å². The highest BCUT2D eigenvalue weighted by Gasteiger charge is 2.49. The third kappa shape index (κ3) is 3.59. The number of amides is 4. The maximum absolute atomic E-state index is 13.3. The van der Waals surface area contributed by atoms with Crippen molar-refractivity contribution in [3.63, 3.8) is 0 Å². The first-order chi connectivity index (χ1) is 15.9. The van der Waals surface area contributed by atoms with Crippen molar-refractivity contribution < 1.29 is 28.7 Å². The molecule has 0 aliphatic carbocycles. The maximum atomic E-state index is 13.3. The lowest BCUT2D eigenvalue weighted by Crippen LogP contribution is -2.41. The van der Waals surface area contributed by atoms with Gasteiger partial charge in [0.25, 0.3) is 5.91 Å². The van der Waals surface area contributed by atoms with Crippen molar-refractivity contribution in [1.29, 1.82) is 0 Å². The smallest absolute Gasteiger partial charge is 0.325 e. The number of ether oxygens (including phenoxy) is 2. The molecule has 2 fully saturated rings. The van der Waals surface area contributed by atoms with Crippen LogP contribution in [0.25, 0.3) is 0 Å². The molecule has 4 amide bonds. The van der Waals surface area contributed by atoms with E-state index in [4.69, 9.17) is 9.47 Å². The second-order valence-electron chi connectivity index (χ2n) is 8.43. The molecule has 33 heavy (non-hydrogen) atoms. The van der Waals surface area contributed by atoms with Crippen LogP contribution in [0.15, 0.2) is 42.5 Å². The predicted octanol–water partition coefficient (Wildman–Crippen LogP) is 2.23. The number of hydrogen-bond donors (Lipinski definition) is 1. The zero-order valence-electron chi connectivity index (χ0n) is 18.1. The summed E-state index contributed by atoms with van der Waals surface area (Å²) < 4.78 is 11.1. The number of urea groups is 1. The highest BCUT2D eigenvalue weighted by molar-refractivity contribution is 6.11. The first-order valence-corrected chi connectivity index (χ1v) is 10.8. The number of rotatable bonds is 5. The van der Waals surface area contributed by atoms with Crippen LogP contribution in [-0.2, 0) is 15.1 Å². The van der Waals surface area contributed by atoms with E-state index in [-0.39, 0.29) is 5.91 Å². The minimum absolute atomic E-state index is 0.0175. The number of ketones is 1. The van der Waals surface area contributed by atoms with Gasteiger partial charge in [0.05, 0.1) is 6.54 Å². The van der Waals surface area contributed by atoms with E-state index in [1.165, 1.54) is 0 Å². The number of carbonyl (C=O) groups excluding carboxylic acids is 4. The fourth-order valence-corrected chi connectivity index (χ4v) is 4.39. The van der Waals surface area contributed by atoms with Gasteiger partial charge in [-0.05, 0) is 43.2 Å². The van der Waals surface area contributed by atoms with E-state index in [9.17, 15) is 19.2 Å². The van der Waals surface area contributed by atoms with Crippen molar-refractivity contribution in [3.8, 4) is 11.5 Å². The Morgan fingerprint density at radius 1 is 1.06 bits per heavy atom. The number of nitrogens with one attached hydrogen (secondary N) is 1. The minimum atomic E-state index is -1.34. The van der Waals surface area contributed by atoms with Crippen LogP contribution >= 0.6 is 0 Å². The molecular weight excluding hydrogens is 426 g/mol. The van der Waals surface area contributed by atoms with Crippen LogP contribution in [0.5, 0.6) is 11.5 Å². The molecule has 9 heteroatoms. The Balaban J connectivity index is 1.35. The highest BCUT2D eigenvalue weighted by atomic mass is 16.6. The molecule has 3 aliphatic heterocycles. The summed E-state index contributed by atoms with van der Waals surface area (Å²) in [7, 11) is 0. The molecule has 0 aromatic heterocycles. The number of Topliss-reactive ketones (excluding diaryl/α,β-unsaturated/α-hetero) is 1. The van der Waals surface area contributed by atoms with Gasteiger partial charge in [0.2, 0.25) is 5.91 Å². The van der Waals surface area contributed by atoms with Gasteiger partial charge < -0.3 is 19.7 Å². The molecule has 1 atom stereocenters. The van der Waals surface area contributed by atoms with Crippen molar-refractivity contribution >= 4 is 29.3 Å². The van der Waals surface area contributed by atoms with Gasteiger partial charge >= 0.3 is 6.03 Å². The minimum Gasteiger partial charge on any atom is -0.486 e. The first-order valence-electron chi connectivity index (χ1n) is 10.8. The fraction of sp³-hybridized carbons (Fsp3) is 0.333. The lowest BCUT2D eigenvalue weighted by atomic mass is 9.91. The number of nitrogens with zero attached hydrogens (tertiary/aromatic N) is 2. The number of benzene rings is 2. The zero-order valence-corrected chi connectivity index (χ0v) is 18.1. The van der Waals surface area contributed by atoms with Gasteiger partial charge in [0, 0.05) is 24.2 Å². The molecule has 1 N–H and O–H groups in total. The average Bonchev–Trinajstić information content (AvgIpc) is 3.35.